The van der Waals surface area contributed by atoms with Crippen LogP contribution in [0.1, 0.15) is 18.9 Å². The highest BCUT2D eigenvalue weighted by molar-refractivity contribution is 5.76. The molecule has 0 bridgehead atoms. The van der Waals surface area contributed by atoms with Crippen molar-refractivity contribution in [3.8, 4) is 17.4 Å². The Labute approximate surface area is 135 Å². The molecule has 0 aliphatic heterocycles. The van der Waals surface area contributed by atoms with Crippen LogP contribution in [0.25, 0.3) is 0 Å². The highest BCUT2D eigenvalue weighted by Crippen LogP contribution is 2.31. The Bertz CT molecular complexity index is 659. The quantitative estimate of drug-likeness (QED) is 0.818. The van der Waals surface area contributed by atoms with Gasteiger partial charge in [0.15, 0.2) is 11.5 Å². The molecule has 23 heavy (non-hydrogen) atoms. The summed E-state index contributed by atoms with van der Waals surface area (Å²) in [5, 5.41) is 2.81. The van der Waals surface area contributed by atoms with Gasteiger partial charge in [-0.1, -0.05) is 18.2 Å². The Morgan fingerprint density at radius 2 is 2.00 bits per heavy atom. The molecule has 3 N–H and O–H groups in total. The molecule has 0 saturated heterocycles. The molecule has 0 aliphatic rings. The fourth-order valence-corrected chi connectivity index (χ4v) is 2.02. The van der Waals surface area contributed by atoms with E-state index in [9.17, 15) is 4.79 Å². The normalized spacial score (nSPS) is 11.6. The Hall–Kier alpha value is -2.60. The summed E-state index contributed by atoms with van der Waals surface area (Å²) in [6, 6.07) is 10.8. The first-order valence-corrected chi connectivity index (χ1v) is 7.37. The van der Waals surface area contributed by atoms with E-state index in [1.807, 2.05) is 24.3 Å². The fourth-order valence-electron chi connectivity index (χ4n) is 2.02. The van der Waals surface area contributed by atoms with Gasteiger partial charge in [-0.3, -0.25) is 4.79 Å². The van der Waals surface area contributed by atoms with Crippen LogP contribution in [-0.4, -0.2) is 24.0 Å². The first-order chi connectivity index (χ1) is 11.1. The van der Waals surface area contributed by atoms with Crippen molar-refractivity contribution >= 4 is 5.91 Å². The average Bonchev–Trinajstić information content (AvgIpc) is 2.54. The maximum atomic E-state index is 11.7. The fraction of sp³-hybridized carbons (Fsp3) is 0.294. The number of hydrogen-bond donors (Lipinski definition) is 2. The number of para-hydroxylation sites is 2. The molecule has 6 heteroatoms. The second-order valence-corrected chi connectivity index (χ2v) is 5.18. The van der Waals surface area contributed by atoms with Crippen LogP contribution in [0.2, 0.25) is 0 Å². The molecule has 122 valence electrons. The lowest BCUT2D eigenvalue weighted by Gasteiger charge is -2.13. The molecule has 1 heterocycles. The second kappa shape index (κ2) is 8.14. The molecule has 0 aliphatic carbocycles. The van der Waals surface area contributed by atoms with Crippen LogP contribution in [0.5, 0.6) is 17.4 Å². The summed E-state index contributed by atoms with van der Waals surface area (Å²) < 4.78 is 11.1. The Balaban J connectivity index is 2.10. The average molecular weight is 315 g/mol. The lowest BCUT2D eigenvalue weighted by atomic mass is 10.2. The van der Waals surface area contributed by atoms with E-state index in [0.29, 0.717) is 23.9 Å². The van der Waals surface area contributed by atoms with E-state index in [1.165, 1.54) is 0 Å². The van der Waals surface area contributed by atoms with E-state index in [-0.39, 0.29) is 18.4 Å². The highest BCUT2D eigenvalue weighted by atomic mass is 16.5. The van der Waals surface area contributed by atoms with Crippen molar-refractivity contribution in [3.05, 3.63) is 48.2 Å². The zero-order valence-electron chi connectivity index (χ0n) is 13.3. The molecule has 1 amide bonds. The monoisotopic (exact) mass is 315 g/mol. The molecule has 0 saturated carbocycles. The predicted molar refractivity (Wildman–Crippen MR) is 87.4 cm³/mol. The maximum absolute atomic E-state index is 11.7. The third kappa shape index (κ3) is 4.96. The summed E-state index contributed by atoms with van der Waals surface area (Å²) in [5.41, 5.74) is 6.39. The van der Waals surface area contributed by atoms with Gasteiger partial charge < -0.3 is 20.5 Å². The minimum atomic E-state index is -0.173. The van der Waals surface area contributed by atoms with Gasteiger partial charge in [-0.2, -0.15) is 0 Å². The highest BCUT2D eigenvalue weighted by Gasteiger charge is 2.11. The standard InChI is InChI=1S/C17H21N3O3/c1-12(18)10-16(21)20-11-13-6-5-9-19-17(13)23-15-8-4-3-7-14(15)22-2/h3-9,12H,10-11,18H2,1-2H3,(H,20,21). The summed E-state index contributed by atoms with van der Waals surface area (Å²) in [6.07, 6.45) is 1.92. The lowest BCUT2D eigenvalue weighted by Crippen LogP contribution is -2.29. The van der Waals surface area contributed by atoms with Gasteiger partial charge in [-0.15, -0.1) is 0 Å². The number of carbonyl (C=O) groups is 1. The van der Waals surface area contributed by atoms with Gasteiger partial charge in [0, 0.05) is 30.8 Å². The number of rotatable bonds is 7. The van der Waals surface area contributed by atoms with E-state index in [0.717, 1.165) is 5.56 Å². The van der Waals surface area contributed by atoms with E-state index in [4.69, 9.17) is 15.2 Å². The van der Waals surface area contributed by atoms with Crippen molar-refractivity contribution in [3.63, 3.8) is 0 Å². The molecular weight excluding hydrogens is 294 g/mol. The van der Waals surface area contributed by atoms with E-state index in [2.05, 4.69) is 10.3 Å². The number of nitrogens with one attached hydrogen (secondary N) is 1. The number of hydrogen-bond acceptors (Lipinski definition) is 5. The zero-order valence-corrected chi connectivity index (χ0v) is 13.3. The van der Waals surface area contributed by atoms with Crippen molar-refractivity contribution in [2.45, 2.75) is 25.9 Å². The van der Waals surface area contributed by atoms with Crippen molar-refractivity contribution in [2.24, 2.45) is 5.73 Å². The molecule has 2 rings (SSSR count). The van der Waals surface area contributed by atoms with Crippen LogP contribution in [0, 0.1) is 0 Å². The van der Waals surface area contributed by atoms with Crippen LogP contribution in [0.4, 0.5) is 0 Å². The van der Waals surface area contributed by atoms with Crippen LogP contribution in [-0.2, 0) is 11.3 Å². The SMILES string of the molecule is COc1ccccc1Oc1ncccc1CNC(=O)CC(C)N. The molecular formula is C17H21N3O3. The van der Waals surface area contributed by atoms with E-state index < -0.39 is 0 Å². The molecule has 2 aromatic rings. The number of carbonyl (C=O) groups excluding carboxylic acids is 1. The summed E-state index contributed by atoms with van der Waals surface area (Å²) in [7, 11) is 1.58. The minimum absolute atomic E-state index is 0.105. The van der Waals surface area contributed by atoms with Gasteiger partial charge in [-0.25, -0.2) is 4.98 Å². The number of amides is 1. The minimum Gasteiger partial charge on any atom is -0.493 e. The van der Waals surface area contributed by atoms with E-state index >= 15 is 0 Å². The van der Waals surface area contributed by atoms with Crippen molar-refractivity contribution < 1.29 is 14.3 Å². The van der Waals surface area contributed by atoms with Gasteiger partial charge in [-0.05, 0) is 25.1 Å². The van der Waals surface area contributed by atoms with Crippen LogP contribution in [0.15, 0.2) is 42.6 Å². The first kappa shape index (κ1) is 16.8. The summed E-state index contributed by atoms with van der Waals surface area (Å²) in [4.78, 5) is 16.0. The molecule has 0 fully saturated rings. The van der Waals surface area contributed by atoms with Crippen molar-refractivity contribution in [1.82, 2.24) is 10.3 Å². The molecule has 6 nitrogen and oxygen atoms in total. The molecule has 0 radical (unpaired) electrons. The lowest BCUT2D eigenvalue weighted by molar-refractivity contribution is -0.121. The number of ether oxygens (including phenoxy) is 2. The smallest absolute Gasteiger partial charge is 0.224 e. The van der Waals surface area contributed by atoms with Gasteiger partial charge in [0.05, 0.1) is 7.11 Å². The number of nitrogens with zero attached hydrogens (tertiary/aromatic N) is 1. The van der Waals surface area contributed by atoms with E-state index in [1.54, 1.807) is 32.4 Å². The second-order valence-electron chi connectivity index (χ2n) is 5.18. The Morgan fingerprint density at radius 1 is 1.26 bits per heavy atom. The van der Waals surface area contributed by atoms with Crippen molar-refractivity contribution in [2.75, 3.05) is 7.11 Å². The Kier molecular flexibility index (Phi) is 5.94. The first-order valence-electron chi connectivity index (χ1n) is 7.37. The summed E-state index contributed by atoms with van der Waals surface area (Å²) >= 11 is 0. The number of aromatic nitrogens is 1. The number of pyridine rings is 1. The zero-order chi connectivity index (χ0) is 16.7. The van der Waals surface area contributed by atoms with Gasteiger partial charge in [0.2, 0.25) is 11.8 Å². The molecule has 1 atom stereocenters. The van der Waals surface area contributed by atoms with Gasteiger partial charge >= 0.3 is 0 Å². The Morgan fingerprint density at radius 3 is 2.70 bits per heavy atom. The number of methoxy groups -OCH3 is 1. The third-order valence-corrected chi connectivity index (χ3v) is 3.11. The topological polar surface area (TPSA) is 86.5 Å². The number of benzene rings is 1. The molecule has 1 aromatic carbocycles. The third-order valence-electron chi connectivity index (χ3n) is 3.11. The van der Waals surface area contributed by atoms with Gasteiger partial charge in [0.1, 0.15) is 0 Å². The van der Waals surface area contributed by atoms with Crippen LogP contribution < -0.4 is 20.5 Å². The maximum Gasteiger partial charge on any atom is 0.224 e. The van der Waals surface area contributed by atoms with Gasteiger partial charge in [0.25, 0.3) is 0 Å². The molecule has 1 unspecified atom stereocenters. The largest absolute Gasteiger partial charge is 0.493 e. The molecule has 0 spiro atoms. The van der Waals surface area contributed by atoms with Crippen LogP contribution >= 0.6 is 0 Å². The van der Waals surface area contributed by atoms with Crippen molar-refractivity contribution in [1.29, 1.82) is 0 Å². The summed E-state index contributed by atoms with van der Waals surface area (Å²) in [5.74, 6) is 1.51. The van der Waals surface area contributed by atoms with Crippen LogP contribution in [0.3, 0.4) is 0 Å². The summed E-state index contributed by atoms with van der Waals surface area (Å²) in [6.45, 7) is 2.11. The molecule has 1 aromatic heterocycles. The predicted octanol–water partition coefficient (Wildman–Crippen LogP) is 2.24. The number of nitrogens with two attached hydrogens (primary N) is 1.